The Kier molecular flexibility index (Phi) is 5.24. The number of hydrogen-bond donors (Lipinski definition) is 0. The number of rotatable bonds is 4. The summed E-state index contributed by atoms with van der Waals surface area (Å²) in [5, 5.41) is 0. The van der Waals surface area contributed by atoms with Crippen molar-refractivity contribution in [2.24, 2.45) is 5.92 Å². The van der Waals surface area contributed by atoms with Crippen LogP contribution in [0.2, 0.25) is 0 Å². The van der Waals surface area contributed by atoms with Crippen molar-refractivity contribution >= 4 is 0 Å². The van der Waals surface area contributed by atoms with E-state index in [0.29, 0.717) is 24.7 Å². The molecule has 3 nitrogen and oxygen atoms in total. The molecule has 0 aliphatic carbocycles. The lowest BCUT2D eigenvalue weighted by molar-refractivity contribution is -0.202. The summed E-state index contributed by atoms with van der Waals surface area (Å²) >= 11 is 0. The van der Waals surface area contributed by atoms with E-state index < -0.39 is 30.3 Å². The Bertz CT molecular complexity index is 703. The quantitative estimate of drug-likeness (QED) is 0.728. The molecule has 1 saturated heterocycles. The second-order valence-electron chi connectivity index (χ2n) is 5.87. The van der Waals surface area contributed by atoms with Gasteiger partial charge in [-0.3, -0.25) is 0 Å². The molecule has 0 bridgehead atoms. The van der Waals surface area contributed by atoms with Crippen LogP contribution < -0.4 is 4.74 Å². The summed E-state index contributed by atoms with van der Waals surface area (Å²) in [4.78, 5) is 0. The zero-order chi connectivity index (χ0) is 18.0. The van der Waals surface area contributed by atoms with Crippen LogP contribution in [0.15, 0.2) is 36.4 Å². The molecule has 0 unspecified atom stereocenters. The molecule has 2 aromatic carbocycles. The molecule has 0 aromatic heterocycles. The summed E-state index contributed by atoms with van der Waals surface area (Å²) in [5.41, 5.74) is 1.52. The van der Waals surface area contributed by atoms with E-state index in [4.69, 9.17) is 9.47 Å². The molecule has 7 heteroatoms. The molecule has 3 rings (SSSR count). The Morgan fingerprint density at radius 1 is 0.960 bits per heavy atom. The SMILES string of the molecule is CC1COC(c2ccc(-c3cc(F)c(OC(F)F)c(F)c3)cc2)OC1. The van der Waals surface area contributed by atoms with Gasteiger partial charge in [0.2, 0.25) is 0 Å². The number of benzene rings is 2. The first-order chi connectivity index (χ1) is 11.9. The number of alkyl halides is 2. The maximum absolute atomic E-state index is 13.8. The van der Waals surface area contributed by atoms with Gasteiger partial charge in [-0.1, -0.05) is 31.2 Å². The molecule has 1 fully saturated rings. The van der Waals surface area contributed by atoms with Gasteiger partial charge in [0.1, 0.15) is 0 Å². The highest BCUT2D eigenvalue weighted by molar-refractivity contribution is 5.65. The fraction of sp³-hybridized carbons (Fsp3) is 0.333. The van der Waals surface area contributed by atoms with Gasteiger partial charge in [-0.05, 0) is 23.3 Å². The van der Waals surface area contributed by atoms with Gasteiger partial charge < -0.3 is 14.2 Å². The predicted octanol–water partition coefficient (Wildman–Crippen LogP) is 4.91. The summed E-state index contributed by atoms with van der Waals surface area (Å²) in [7, 11) is 0. The second-order valence-corrected chi connectivity index (χ2v) is 5.87. The molecule has 1 heterocycles. The first kappa shape index (κ1) is 17.7. The first-order valence-corrected chi connectivity index (χ1v) is 7.71. The van der Waals surface area contributed by atoms with Crippen LogP contribution in [0.4, 0.5) is 17.6 Å². The maximum Gasteiger partial charge on any atom is 0.387 e. The third kappa shape index (κ3) is 4.11. The topological polar surface area (TPSA) is 27.7 Å². The smallest absolute Gasteiger partial charge is 0.387 e. The number of halogens is 4. The van der Waals surface area contributed by atoms with Gasteiger partial charge in [0.05, 0.1) is 13.2 Å². The number of hydrogen-bond acceptors (Lipinski definition) is 3. The molecule has 2 aromatic rings. The molecule has 0 saturated carbocycles. The summed E-state index contributed by atoms with van der Waals surface area (Å²) < 4.78 is 67.0. The van der Waals surface area contributed by atoms with Crippen molar-refractivity contribution in [1.29, 1.82) is 0 Å². The molecule has 1 aliphatic rings. The standard InChI is InChI=1S/C18H16F4O3/c1-10-8-23-17(24-9-10)12-4-2-11(3-5-12)13-6-14(19)16(15(20)7-13)25-18(21)22/h2-7,10,17-18H,8-9H2,1H3. The molecule has 25 heavy (non-hydrogen) atoms. The van der Waals surface area contributed by atoms with Crippen molar-refractivity contribution in [3.8, 4) is 16.9 Å². The van der Waals surface area contributed by atoms with Gasteiger partial charge in [0.25, 0.3) is 0 Å². The molecule has 0 amide bonds. The molecule has 1 aliphatic heterocycles. The zero-order valence-corrected chi connectivity index (χ0v) is 13.3. The van der Waals surface area contributed by atoms with Crippen LogP contribution in [0.3, 0.4) is 0 Å². The predicted molar refractivity (Wildman–Crippen MR) is 82.2 cm³/mol. The van der Waals surface area contributed by atoms with Gasteiger partial charge >= 0.3 is 6.61 Å². The molecular formula is C18H16F4O3. The number of ether oxygens (including phenoxy) is 3. The third-order valence-corrected chi connectivity index (χ3v) is 3.79. The largest absolute Gasteiger partial charge is 0.429 e. The van der Waals surface area contributed by atoms with Gasteiger partial charge in [-0.15, -0.1) is 0 Å². The van der Waals surface area contributed by atoms with E-state index in [-0.39, 0.29) is 5.56 Å². The highest BCUT2D eigenvalue weighted by Gasteiger charge is 2.21. The Labute approximate surface area is 142 Å². The fourth-order valence-corrected chi connectivity index (χ4v) is 2.55. The van der Waals surface area contributed by atoms with Gasteiger partial charge in [-0.25, -0.2) is 8.78 Å². The summed E-state index contributed by atoms with van der Waals surface area (Å²) in [6.07, 6.45) is -0.472. The summed E-state index contributed by atoms with van der Waals surface area (Å²) in [6.45, 7) is -0.0977. The Morgan fingerprint density at radius 2 is 1.52 bits per heavy atom. The summed E-state index contributed by atoms with van der Waals surface area (Å²) in [6, 6.07) is 8.67. The van der Waals surface area contributed by atoms with Crippen molar-refractivity contribution in [2.45, 2.75) is 19.8 Å². The van der Waals surface area contributed by atoms with Crippen LogP contribution in [-0.4, -0.2) is 19.8 Å². The average molecular weight is 356 g/mol. The molecular weight excluding hydrogens is 340 g/mol. The normalized spacial score (nSPS) is 20.7. The Balaban J connectivity index is 1.80. The minimum Gasteiger partial charge on any atom is -0.429 e. The fourth-order valence-electron chi connectivity index (χ4n) is 2.55. The Hall–Kier alpha value is -2.12. The first-order valence-electron chi connectivity index (χ1n) is 7.71. The molecule has 0 radical (unpaired) electrons. The summed E-state index contributed by atoms with van der Waals surface area (Å²) in [5.74, 6) is -3.14. The molecule has 0 spiro atoms. The minimum atomic E-state index is -3.30. The maximum atomic E-state index is 13.8. The van der Waals surface area contributed by atoms with Crippen LogP contribution in [0, 0.1) is 17.6 Å². The van der Waals surface area contributed by atoms with E-state index in [1.54, 1.807) is 24.3 Å². The third-order valence-electron chi connectivity index (χ3n) is 3.79. The van der Waals surface area contributed by atoms with Gasteiger partial charge in [0, 0.05) is 11.5 Å². The highest BCUT2D eigenvalue weighted by Crippen LogP contribution is 2.31. The van der Waals surface area contributed by atoms with Crippen LogP contribution in [-0.2, 0) is 9.47 Å². The van der Waals surface area contributed by atoms with E-state index in [2.05, 4.69) is 4.74 Å². The minimum absolute atomic E-state index is 0.210. The van der Waals surface area contributed by atoms with E-state index in [9.17, 15) is 17.6 Å². The van der Waals surface area contributed by atoms with Gasteiger partial charge in [-0.2, -0.15) is 8.78 Å². The van der Waals surface area contributed by atoms with Crippen LogP contribution in [0.5, 0.6) is 5.75 Å². The van der Waals surface area contributed by atoms with E-state index >= 15 is 0 Å². The highest BCUT2D eigenvalue weighted by atomic mass is 19.3. The molecule has 134 valence electrons. The second kappa shape index (κ2) is 7.41. The van der Waals surface area contributed by atoms with E-state index in [1.807, 2.05) is 6.92 Å². The zero-order valence-electron chi connectivity index (χ0n) is 13.3. The van der Waals surface area contributed by atoms with E-state index in [1.165, 1.54) is 0 Å². The van der Waals surface area contributed by atoms with E-state index in [0.717, 1.165) is 17.7 Å². The lowest BCUT2D eigenvalue weighted by Crippen LogP contribution is -2.24. The van der Waals surface area contributed by atoms with Crippen molar-refractivity contribution < 1.29 is 31.8 Å². The molecule has 0 N–H and O–H groups in total. The van der Waals surface area contributed by atoms with Crippen molar-refractivity contribution in [2.75, 3.05) is 13.2 Å². The lowest BCUT2D eigenvalue weighted by Gasteiger charge is -2.27. The van der Waals surface area contributed by atoms with Crippen LogP contribution >= 0.6 is 0 Å². The van der Waals surface area contributed by atoms with Crippen molar-refractivity contribution in [3.63, 3.8) is 0 Å². The Morgan fingerprint density at radius 3 is 2.04 bits per heavy atom. The van der Waals surface area contributed by atoms with Crippen LogP contribution in [0.1, 0.15) is 18.8 Å². The van der Waals surface area contributed by atoms with Crippen LogP contribution in [0.25, 0.3) is 11.1 Å². The van der Waals surface area contributed by atoms with Crippen molar-refractivity contribution in [1.82, 2.24) is 0 Å². The van der Waals surface area contributed by atoms with Crippen molar-refractivity contribution in [3.05, 3.63) is 53.6 Å². The van der Waals surface area contributed by atoms with Gasteiger partial charge in [0.15, 0.2) is 23.7 Å². The average Bonchev–Trinajstić information content (AvgIpc) is 2.59. The lowest BCUT2D eigenvalue weighted by atomic mass is 10.0. The molecule has 0 atom stereocenters. The monoisotopic (exact) mass is 356 g/mol.